The van der Waals surface area contributed by atoms with Crippen LogP contribution >= 0.6 is 0 Å². The summed E-state index contributed by atoms with van der Waals surface area (Å²) in [6, 6.07) is 0. The maximum absolute atomic E-state index is 10.7. The van der Waals surface area contributed by atoms with Crippen molar-refractivity contribution >= 4 is 12.3 Å². The van der Waals surface area contributed by atoms with Gasteiger partial charge < -0.3 is 9.90 Å². The maximum atomic E-state index is 10.7. The summed E-state index contributed by atoms with van der Waals surface area (Å²) in [4.78, 5) is 21.1. The van der Waals surface area contributed by atoms with E-state index in [1.807, 2.05) is 6.92 Å². The molecular weight excluding hydrogens is 156 g/mol. The standard InChI is InChI=1S/C9H14O3/c1-6-4-7(5-10)2-3-8(6)9(11)12/h5-8H,2-4H2,1H3,(H,11,12). The lowest BCUT2D eigenvalue weighted by Gasteiger charge is -2.28. The molecule has 1 fully saturated rings. The molecule has 0 aromatic rings. The molecule has 3 nitrogen and oxygen atoms in total. The summed E-state index contributed by atoms with van der Waals surface area (Å²) in [6.07, 6.45) is 3.08. The molecule has 3 heteroatoms. The van der Waals surface area contributed by atoms with Crippen LogP contribution in [-0.2, 0) is 9.59 Å². The molecule has 68 valence electrons. The van der Waals surface area contributed by atoms with E-state index in [-0.39, 0.29) is 17.8 Å². The fourth-order valence-electron chi connectivity index (χ4n) is 1.93. The average molecular weight is 170 g/mol. The van der Waals surface area contributed by atoms with Gasteiger partial charge in [-0.15, -0.1) is 0 Å². The lowest BCUT2D eigenvalue weighted by Crippen LogP contribution is -2.29. The third-order valence-corrected chi connectivity index (χ3v) is 2.72. The maximum Gasteiger partial charge on any atom is 0.306 e. The molecule has 1 rings (SSSR count). The lowest BCUT2D eigenvalue weighted by molar-refractivity contribution is -0.145. The smallest absolute Gasteiger partial charge is 0.306 e. The zero-order chi connectivity index (χ0) is 9.14. The molecule has 0 aliphatic heterocycles. The number of carboxylic acids is 1. The average Bonchev–Trinajstić information content (AvgIpc) is 2.03. The van der Waals surface area contributed by atoms with E-state index in [9.17, 15) is 9.59 Å². The van der Waals surface area contributed by atoms with Crippen LogP contribution in [0, 0.1) is 17.8 Å². The van der Waals surface area contributed by atoms with Crippen LogP contribution in [0.1, 0.15) is 26.2 Å². The SMILES string of the molecule is CC1CC(C=O)CCC1C(=O)O. The lowest BCUT2D eigenvalue weighted by atomic mass is 9.75. The van der Waals surface area contributed by atoms with Crippen molar-refractivity contribution in [3.8, 4) is 0 Å². The second-order valence-corrected chi connectivity index (χ2v) is 3.63. The highest BCUT2D eigenvalue weighted by atomic mass is 16.4. The summed E-state index contributed by atoms with van der Waals surface area (Å²) in [5, 5.41) is 8.78. The van der Waals surface area contributed by atoms with Gasteiger partial charge in [0.15, 0.2) is 0 Å². The first kappa shape index (κ1) is 9.23. The number of carbonyl (C=O) groups is 2. The number of rotatable bonds is 2. The van der Waals surface area contributed by atoms with Gasteiger partial charge in [0.2, 0.25) is 0 Å². The summed E-state index contributed by atoms with van der Waals surface area (Å²) in [6.45, 7) is 1.91. The van der Waals surface area contributed by atoms with E-state index in [1.54, 1.807) is 0 Å². The summed E-state index contributed by atoms with van der Waals surface area (Å²) in [7, 11) is 0. The minimum Gasteiger partial charge on any atom is -0.481 e. The molecule has 0 spiro atoms. The van der Waals surface area contributed by atoms with Gasteiger partial charge in [0.25, 0.3) is 0 Å². The van der Waals surface area contributed by atoms with E-state index in [0.717, 1.165) is 19.1 Å². The Bertz CT molecular complexity index is 188. The zero-order valence-electron chi connectivity index (χ0n) is 7.19. The molecule has 1 saturated carbocycles. The van der Waals surface area contributed by atoms with Crippen molar-refractivity contribution in [2.75, 3.05) is 0 Å². The van der Waals surface area contributed by atoms with Gasteiger partial charge in [-0.1, -0.05) is 6.92 Å². The van der Waals surface area contributed by atoms with Gasteiger partial charge in [0.05, 0.1) is 5.92 Å². The van der Waals surface area contributed by atoms with E-state index in [2.05, 4.69) is 0 Å². The van der Waals surface area contributed by atoms with Crippen molar-refractivity contribution in [2.45, 2.75) is 26.2 Å². The Kier molecular flexibility index (Phi) is 2.84. The molecule has 0 aromatic carbocycles. The molecule has 1 aliphatic carbocycles. The van der Waals surface area contributed by atoms with Crippen molar-refractivity contribution in [3.63, 3.8) is 0 Å². The van der Waals surface area contributed by atoms with E-state index in [4.69, 9.17) is 5.11 Å². The van der Waals surface area contributed by atoms with Crippen LogP contribution in [0.15, 0.2) is 0 Å². The molecule has 0 aromatic heterocycles. The summed E-state index contributed by atoms with van der Waals surface area (Å²) < 4.78 is 0. The zero-order valence-corrected chi connectivity index (χ0v) is 7.19. The predicted octanol–water partition coefficient (Wildman–Crippen LogP) is 1.32. The second kappa shape index (κ2) is 3.70. The molecule has 0 saturated heterocycles. The second-order valence-electron chi connectivity index (χ2n) is 3.63. The van der Waals surface area contributed by atoms with Crippen molar-refractivity contribution < 1.29 is 14.7 Å². The number of hydrogen-bond acceptors (Lipinski definition) is 2. The Morgan fingerprint density at radius 2 is 2.17 bits per heavy atom. The van der Waals surface area contributed by atoms with E-state index >= 15 is 0 Å². The number of aliphatic carboxylic acids is 1. The molecule has 3 unspecified atom stereocenters. The minimum atomic E-state index is -0.716. The van der Waals surface area contributed by atoms with Crippen LogP contribution in [-0.4, -0.2) is 17.4 Å². The highest BCUT2D eigenvalue weighted by Crippen LogP contribution is 2.32. The van der Waals surface area contributed by atoms with Gasteiger partial charge in [0.1, 0.15) is 6.29 Å². The van der Waals surface area contributed by atoms with Gasteiger partial charge in [0, 0.05) is 5.92 Å². The Morgan fingerprint density at radius 3 is 2.58 bits per heavy atom. The number of carbonyl (C=O) groups excluding carboxylic acids is 1. The Balaban J connectivity index is 2.53. The van der Waals surface area contributed by atoms with Crippen LogP contribution in [0.3, 0.4) is 0 Å². The monoisotopic (exact) mass is 170 g/mol. The number of hydrogen-bond donors (Lipinski definition) is 1. The molecule has 0 amide bonds. The summed E-state index contributed by atoms with van der Waals surface area (Å²) in [5.74, 6) is -0.713. The van der Waals surface area contributed by atoms with Gasteiger partial charge in [-0.25, -0.2) is 0 Å². The molecular formula is C9H14O3. The van der Waals surface area contributed by atoms with Crippen LogP contribution in [0.2, 0.25) is 0 Å². The summed E-state index contributed by atoms with van der Waals surface area (Å²) >= 11 is 0. The topological polar surface area (TPSA) is 54.4 Å². The molecule has 1 aliphatic rings. The highest BCUT2D eigenvalue weighted by molar-refractivity contribution is 5.70. The van der Waals surface area contributed by atoms with Crippen molar-refractivity contribution in [3.05, 3.63) is 0 Å². The van der Waals surface area contributed by atoms with Gasteiger partial charge in [-0.05, 0) is 25.2 Å². The van der Waals surface area contributed by atoms with Crippen LogP contribution in [0.4, 0.5) is 0 Å². The number of aldehydes is 1. The highest BCUT2D eigenvalue weighted by Gasteiger charge is 2.31. The van der Waals surface area contributed by atoms with Crippen molar-refractivity contribution in [1.82, 2.24) is 0 Å². The molecule has 0 radical (unpaired) electrons. The third-order valence-electron chi connectivity index (χ3n) is 2.72. The Labute approximate surface area is 71.8 Å². The predicted molar refractivity (Wildman–Crippen MR) is 43.7 cm³/mol. The quantitative estimate of drug-likeness (QED) is 0.636. The third kappa shape index (κ3) is 1.84. The van der Waals surface area contributed by atoms with Crippen molar-refractivity contribution in [2.24, 2.45) is 17.8 Å². The van der Waals surface area contributed by atoms with E-state index in [0.29, 0.717) is 6.42 Å². The summed E-state index contributed by atoms with van der Waals surface area (Å²) in [5.41, 5.74) is 0. The Hall–Kier alpha value is -0.860. The van der Waals surface area contributed by atoms with Crippen LogP contribution in [0.5, 0.6) is 0 Å². The molecule has 0 bridgehead atoms. The normalized spacial score (nSPS) is 35.9. The van der Waals surface area contributed by atoms with Crippen LogP contribution < -0.4 is 0 Å². The fraction of sp³-hybridized carbons (Fsp3) is 0.778. The molecule has 3 atom stereocenters. The van der Waals surface area contributed by atoms with E-state index in [1.165, 1.54) is 0 Å². The van der Waals surface area contributed by atoms with Crippen molar-refractivity contribution in [1.29, 1.82) is 0 Å². The minimum absolute atomic E-state index is 0.0931. The first-order chi connectivity index (χ1) is 5.65. The van der Waals surface area contributed by atoms with Gasteiger partial charge in [-0.2, -0.15) is 0 Å². The first-order valence-electron chi connectivity index (χ1n) is 4.33. The molecule has 0 heterocycles. The first-order valence-corrected chi connectivity index (χ1v) is 4.33. The molecule has 12 heavy (non-hydrogen) atoms. The molecule has 1 N–H and O–H groups in total. The van der Waals surface area contributed by atoms with E-state index < -0.39 is 5.97 Å². The number of carboxylic acid groups (broad SMARTS) is 1. The Morgan fingerprint density at radius 1 is 1.50 bits per heavy atom. The van der Waals surface area contributed by atoms with Gasteiger partial charge in [-0.3, -0.25) is 4.79 Å². The van der Waals surface area contributed by atoms with Crippen LogP contribution in [0.25, 0.3) is 0 Å². The van der Waals surface area contributed by atoms with Gasteiger partial charge >= 0.3 is 5.97 Å². The largest absolute Gasteiger partial charge is 0.481 e. The fourth-order valence-corrected chi connectivity index (χ4v) is 1.93.